The summed E-state index contributed by atoms with van der Waals surface area (Å²) >= 11 is 0. The molecule has 2 aromatic heterocycles. The molecule has 4 fully saturated rings. The van der Waals surface area contributed by atoms with E-state index in [2.05, 4.69) is 48.5 Å². The zero-order valence-corrected chi connectivity index (χ0v) is 42.5. The molecule has 70 heavy (non-hydrogen) atoms. The normalized spacial score (nSPS) is 24.7. The molecule has 0 bridgehead atoms. The van der Waals surface area contributed by atoms with Gasteiger partial charge in [-0.05, 0) is 197 Å². The van der Waals surface area contributed by atoms with Gasteiger partial charge in [0.2, 0.25) is 0 Å². The van der Waals surface area contributed by atoms with E-state index in [9.17, 15) is 0 Å². The number of benzene rings is 4. The van der Waals surface area contributed by atoms with Gasteiger partial charge in [-0.1, -0.05) is 37.1 Å². The van der Waals surface area contributed by atoms with Crippen LogP contribution in [0.25, 0.3) is 43.9 Å². The van der Waals surface area contributed by atoms with E-state index >= 15 is 0 Å². The van der Waals surface area contributed by atoms with Gasteiger partial charge in [-0.3, -0.25) is 9.05 Å². The van der Waals surface area contributed by atoms with Crippen molar-refractivity contribution in [2.75, 3.05) is 13.2 Å². The van der Waals surface area contributed by atoms with E-state index in [4.69, 9.17) is 44.8 Å². The largest absolute Gasteiger partial charge is 0.399 e. The molecule has 370 valence electrons. The molecule has 10 nitrogen and oxygen atoms in total. The maximum atomic E-state index is 7.56. The molecule has 2 saturated carbocycles. The van der Waals surface area contributed by atoms with E-state index < -0.39 is 52.5 Å². The van der Waals surface area contributed by atoms with Crippen LogP contribution in [0, 0.1) is 0 Å². The van der Waals surface area contributed by atoms with Crippen LogP contribution in [0.2, 0.25) is 0 Å². The van der Waals surface area contributed by atoms with Gasteiger partial charge in [0.05, 0.1) is 13.2 Å². The van der Waals surface area contributed by atoms with Crippen LogP contribution >= 0.6 is 16.5 Å². The van der Waals surface area contributed by atoms with Crippen molar-refractivity contribution >= 4 is 60.4 Å². The Kier molecular flexibility index (Phi) is 12.1. The molecule has 0 unspecified atom stereocenters. The predicted molar refractivity (Wildman–Crippen MR) is 273 cm³/mol. The lowest BCUT2D eigenvalue weighted by molar-refractivity contribution is -0.208. The number of fused-ring (bicyclic) bond motifs is 14. The van der Waals surface area contributed by atoms with Crippen molar-refractivity contribution < 1.29 is 44.8 Å². The Morgan fingerprint density at radius 2 is 0.671 bits per heavy atom. The van der Waals surface area contributed by atoms with E-state index in [0.717, 1.165) is 125 Å². The first-order valence-electron chi connectivity index (χ1n) is 27.5. The highest BCUT2D eigenvalue weighted by Gasteiger charge is 2.54. The second-order valence-corrected chi connectivity index (χ2v) is 24.0. The van der Waals surface area contributed by atoms with Crippen molar-refractivity contribution in [3.8, 4) is 0 Å². The molecule has 4 aromatic carbocycles. The van der Waals surface area contributed by atoms with Crippen LogP contribution in [0.1, 0.15) is 160 Å². The van der Waals surface area contributed by atoms with Gasteiger partial charge in [-0.25, -0.2) is 0 Å². The fraction of sp³-hybridized carbons (Fsp3) is 0.586. The summed E-state index contributed by atoms with van der Waals surface area (Å²) in [5.74, 6) is -1.36. The Morgan fingerprint density at radius 1 is 0.371 bits per heavy atom. The minimum absolute atomic E-state index is 0.337. The molecule has 0 radical (unpaired) electrons. The molecule has 0 amide bonds. The van der Waals surface area contributed by atoms with Gasteiger partial charge in [0.25, 0.3) is 0 Å². The minimum Gasteiger partial charge on any atom is -0.399 e. The standard InChI is InChI=1S/C58H68O10P2/c1-11-31-57(32-12-1)59-35-49(61-57)55(67-69-63-45-27-23-37-15-3-7-19-41(37)51(45)52-42-20-8-4-16-38(42)24-28-46(52)64-69)56(50-36-60-58(62-50)33-13-2-14-34-58)68-70-65-47-29-25-39-17-5-9-21-43(39)53(47)54-44-22-10-6-18-40(44)26-30-48(54)66-70/h23-30,49-50,55-56H,1-22,31-36H2/t49-,50-,55-,56-/m1/s1. The third kappa shape index (κ3) is 8.15. The molecule has 2 aliphatic heterocycles. The highest BCUT2D eigenvalue weighted by atomic mass is 31.1. The van der Waals surface area contributed by atoms with Crippen LogP contribution in [0.3, 0.4) is 0 Å². The van der Waals surface area contributed by atoms with Crippen molar-refractivity contribution in [1.82, 2.24) is 0 Å². The summed E-state index contributed by atoms with van der Waals surface area (Å²) in [5.41, 5.74) is 14.6. The molecule has 4 heterocycles. The summed E-state index contributed by atoms with van der Waals surface area (Å²) in [6.07, 6.45) is 25.3. The van der Waals surface area contributed by atoms with Crippen LogP contribution in [-0.4, -0.2) is 49.2 Å². The molecule has 4 atom stereocenters. The van der Waals surface area contributed by atoms with Crippen molar-refractivity contribution in [2.24, 2.45) is 0 Å². The Morgan fingerprint density at radius 3 is 0.986 bits per heavy atom. The monoisotopic (exact) mass is 986 g/mol. The van der Waals surface area contributed by atoms with Crippen LogP contribution in [0.15, 0.2) is 65.3 Å². The Bertz CT molecular complexity index is 2690. The van der Waals surface area contributed by atoms with Gasteiger partial charge in [0.1, 0.15) is 46.7 Å². The van der Waals surface area contributed by atoms with Crippen LogP contribution in [0.4, 0.5) is 0 Å². The lowest BCUT2D eigenvalue weighted by atomic mass is 9.84. The second kappa shape index (κ2) is 18.7. The van der Waals surface area contributed by atoms with Gasteiger partial charge in [-0.15, -0.1) is 0 Å². The molecular weight excluding hydrogens is 919 g/mol. The van der Waals surface area contributed by atoms with E-state index in [1.807, 2.05) is 0 Å². The summed E-state index contributed by atoms with van der Waals surface area (Å²) in [6.45, 7) is 0.675. The molecule has 12 heteroatoms. The summed E-state index contributed by atoms with van der Waals surface area (Å²) in [6, 6.07) is 17.8. The molecule has 6 aliphatic carbocycles. The van der Waals surface area contributed by atoms with Gasteiger partial charge >= 0.3 is 16.5 Å². The number of hydrogen-bond acceptors (Lipinski definition) is 10. The topological polar surface area (TPSA) is 108 Å². The fourth-order valence-electron chi connectivity index (χ4n) is 14.1. The first kappa shape index (κ1) is 45.1. The molecular formula is C58H68O10P2. The van der Waals surface area contributed by atoms with Crippen molar-refractivity contribution in [3.63, 3.8) is 0 Å². The van der Waals surface area contributed by atoms with Crippen molar-refractivity contribution in [3.05, 3.63) is 93.0 Å². The van der Waals surface area contributed by atoms with Crippen molar-refractivity contribution in [2.45, 2.75) is 203 Å². The van der Waals surface area contributed by atoms with Gasteiger partial charge in [0.15, 0.2) is 11.6 Å². The Labute approximate surface area is 412 Å². The first-order valence-corrected chi connectivity index (χ1v) is 29.6. The van der Waals surface area contributed by atoms with Crippen molar-refractivity contribution in [1.29, 1.82) is 0 Å². The lowest BCUT2D eigenvalue weighted by Gasteiger charge is -2.36. The molecule has 0 N–H and O–H groups in total. The van der Waals surface area contributed by atoms with E-state index in [0.29, 0.717) is 13.2 Å². The van der Waals surface area contributed by atoms with E-state index in [1.54, 1.807) is 0 Å². The highest BCUT2D eigenvalue weighted by Crippen LogP contribution is 2.49. The zero-order valence-electron chi connectivity index (χ0n) is 40.7. The maximum absolute atomic E-state index is 7.56. The number of rotatable bonds is 7. The van der Waals surface area contributed by atoms with Gasteiger partial charge in [-0.2, -0.15) is 0 Å². The molecule has 6 aromatic rings. The molecule has 8 aliphatic rings. The SMILES string of the molecule is c1cc2op(O[C@@H]([C@H](Op3oc4ccc5c(c4c4c6c(ccc4o3)CCCC6)CCCC5)[C@H]3COC4(CCCCC4)O3)[C@H]3COC4(CCCCC4)O3)oc3ccc4c(c3c2c2c1CCCC2)CCCC4. The summed E-state index contributed by atoms with van der Waals surface area (Å²) in [5, 5.41) is 4.79. The van der Waals surface area contributed by atoms with E-state index in [-0.39, 0.29) is 0 Å². The smallest absolute Gasteiger partial charge is 0.387 e. The van der Waals surface area contributed by atoms with Crippen LogP contribution in [-0.2, 0) is 70.3 Å². The van der Waals surface area contributed by atoms with Gasteiger partial charge in [0, 0.05) is 47.2 Å². The summed E-state index contributed by atoms with van der Waals surface area (Å²) < 4.78 is 72.0. The number of ether oxygens (including phenoxy) is 4. The molecule has 14 rings (SSSR count). The lowest BCUT2D eigenvalue weighted by Crippen LogP contribution is -2.53. The summed E-state index contributed by atoms with van der Waals surface area (Å²) in [4.78, 5) is 0. The average molecular weight is 987 g/mol. The highest BCUT2D eigenvalue weighted by molar-refractivity contribution is 7.32. The second-order valence-electron chi connectivity index (χ2n) is 22.0. The predicted octanol–water partition coefficient (Wildman–Crippen LogP) is 14.9. The molecule has 2 spiro atoms. The van der Waals surface area contributed by atoms with Crippen LogP contribution < -0.4 is 9.05 Å². The number of hydrogen-bond donors (Lipinski definition) is 0. The molecule has 2 saturated heterocycles. The Balaban J connectivity index is 0.957. The fourth-order valence-corrected chi connectivity index (χ4v) is 16.5. The zero-order chi connectivity index (χ0) is 46.2. The van der Waals surface area contributed by atoms with E-state index in [1.165, 1.54) is 130 Å². The van der Waals surface area contributed by atoms with Gasteiger partial charge < -0.3 is 35.7 Å². The van der Waals surface area contributed by atoms with Crippen LogP contribution in [0.5, 0.6) is 0 Å². The maximum Gasteiger partial charge on any atom is 0.387 e. The minimum atomic E-state index is -2.06. The third-order valence-corrected chi connectivity index (χ3v) is 19.8. The third-order valence-electron chi connectivity index (χ3n) is 17.6. The Hall–Kier alpha value is -3.56. The quantitative estimate of drug-likeness (QED) is 0.153. The number of aryl methyl sites for hydroxylation is 8. The summed E-state index contributed by atoms with van der Waals surface area (Å²) in [7, 11) is -4.13. The first-order chi connectivity index (χ1) is 34.6. The average Bonchev–Trinajstić information content (AvgIpc) is 3.90.